The fourth-order valence-corrected chi connectivity index (χ4v) is 2.47. The van der Waals surface area contributed by atoms with Crippen LogP contribution in [0.2, 0.25) is 0 Å². The first kappa shape index (κ1) is 21.0. The Kier molecular flexibility index (Phi) is 7.22. The van der Waals surface area contributed by atoms with E-state index in [4.69, 9.17) is 0 Å². The highest BCUT2D eigenvalue weighted by Gasteiger charge is 2.12. The van der Waals surface area contributed by atoms with Gasteiger partial charge in [0.05, 0.1) is 13.1 Å². The minimum Gasteiger partial charge on any atom is -0.345 e. The van der Waals surface area contributed by atoms with Crippen LogP contribution in [-0.2, 0) is 9.59 Å². The highest BCUT2D eigenvalue weighted by molar-refractivity contribution is 5.96. The molecule has 0 aromatic heterocycles. The van der Waals surface area contributed by atoms with E-state index in [1.807, 2.05) is 0 Å². The number of hydrogen-bond donors (Lipinski definition) is 2. The number of nitrogens with zero attached hydrogens (tertiary/aromatic N) is 2. The Balaban J connectivity index is 1.81. The maximum Gasteiger partial charge on any atom is 0.253 e. The molecule has 0 bridgehead atoms. The lowest BCUT2D eigenvalue weighted by Gasteiger charge is -2.16. The number of hydrogen-bond acceptors (Lipinski definition) is 4. The van der Waals surface area contributed by atoms with Crippen LogP contribution in [-0.4, -0.2) is 61.8 Å². The molecule has 0 aliphatic heterocycles. The van der Waals surface area contributed by atoms with Gasteiger partial charge in [0.25, 0.3) is 5.91 Å². The topological polar surface area (TPSA) is 81.8 Å². The first-order chi connectivity index (χ1) is 13.2. The lowest BCUT2D eigenvalue weighted by molar-refractivity contribution is -0.119. The minimum absolute atomic E-state index is 0.00501. The lowest BCUT2D eigenvalue weighted by atomic mass is 10.2. The molecule has 0 atom stereocenters. The molecular formula is C20H23FN4O3. The van der Waals surface area contributed by atoms with Gasteiger partial charge in [0, 0.05) is 31.0 Å². The van der Waals surface area contributed by atoms with Crippen LogP contribution >= 0.6 is 0 Å². The normalized spacial score (nSPS) is 10.5. The summed E-state index contributed by atoms with van der Waals surface area (Å²) >= 11 is 0. The first-order valence-corrected chi connectivity index (χ1v) is 8.60. The molecule has 2 aromatic carbocycles. The van der Waals surface area contributed by atoms with Gasteiger partial charge in [0.2, 0.25) is 11.8 Å². The fourth-order valence-electron chi connectivity index (χ4n) is 2.47. The maximum absolute atomic E-state index is 13.1. The van der Waals surface area contributed by atoms with Gasteiger partial charge in [0.15, 0.2) is 0 Å². The number of benzene rings is 2. The second-order valence-electron chi connectivity index (χ2n) is 6.56. The van der Waals surface area contributed by atoms with E-state index >= 15 is 0 Å². The Morgan fingerprint density at radius 3 is 1.96 bits per heavy atom. The van der Waals surface area contributed by atoms with E-state index in [1.165, 1.54) is 28.0 Å². The molecule has 3 amide bonds. The Morgan fingerprint density at radius 1 is 0.857 bits per heavy atom. The molecule has 0 saturated carbocycles. The molecule has 2 N–H and O–H groups in total. The monoisotopic (exact) mass is 386 g/mol. The van der Waals surface area contributed by atoms with Gasteiger partial charge < -0.3 is 15.5 Å². The standard InChI is InChI=1S/C20H23FN4O3/c1-24(2)20(28)14-7-9-16(10-8-14)22-18(26)12-25(3)13-19(27)23-17-6-4-5-15(21)11-17/h4-11H,12-13H2,1-3H3,(H,22,26)(H,23,27). The van der Waals surface area contributed by atoms with Gasteiger partial charge in [-0.2, -0.15) is 0 Å². The number of rotatable bonds is 7. The van der Waals surface area contributed by atoms with Gasteiger partial charge in [-0.15, -0.1) is 0 Å². The second kappa shape index (κ2) is 9.61. The average Bonchev–Trinajstić information content (AvgIpc) is 2.61. The Morgan fingerprint density at radius 2 is 1.43 bits per heavy atom. The summed E-state index contributed by atoms with van der Waals surface area (Å²) in [4.78, 5) is 39.0. The van der Waals surface area contributed by atoms with Crippen molar-refractivity contribution in [3.05, 3.63) is 59.9 Å². The Hall–Kier alpha value is -3.26. The summed E-state index contributed by atoms with van der Waals surface area (Å²) in [5, 5.41) is 5.29. The summed E-state index contributed by atoms with van der Waals surface area (Å²) in [6.07, 6.45) is 0. The predicted octanol–water partition coefficient (Wildman–Crippen LogP) is 2.04. The van der Waals surface area contributed by atoms with Gasteiger partial charge in [-0.1, -0.05) is 6.07 Å². The molecule has 0 spiro atoms. The molecule has 0 aliphatic rings. The Labute approximate surface area is 163 Å². The van der Waals surface area contributed by atoms with Crippen molar-refractivity contribution in [2.75, 3.05) is 44.9 Å². The smallest absolute Gasteiger partial charge is 0.253 e. The molecule has 0 fully saturated rings. The molecule has 0 aliphatic carbocycles. The van der Waals surface area contributed by atoms with E-state index in [2.05, 4.69) is 10.6 Å². The number of amides is 3. The minimum atomic E-state index is -0.441. The number of likely N-dealkylation sites (N-methyl/N-ethyl adjacent to an activating group) is 1. The summed E-state index contributed by atoms with van der Waals surface area (Å²) in [7, 11) is 4.96. The van der Waals surface area contributed by atoms with Crippen molar-refractivity contribution in [3.8, 4) is 0 Å². The summed E-state index contributed by atoms with van der Waals surface area (Å²) < 4.78 is 13.1. The van der Waals surface area contributed by atoms with Crippen LogP contribution in [0, 0.1) is 5.82 Å². The van der Waals surface area contributed by atoms with Crippen molar-refractivity contribution in [1.82, 2.24) is 9.80 Å². The molecule has 2 aromatic rings. The SMILES string of the molecule is CN(CC(=O)Nc1ccc(C(=O)N(C)C)cc1)CC(=O)Nc1cccc(F)c1. The van der Waals surface area contributed by atoms with Crippen molar-refractivity contribution in [3.63, 3.8) is 0 Å². The summed E-state index contributed by atoms with van der Waals surface area (Å²) in [5.41, 5.74) is 1.43. The van der Waals surface area contributed by atoms with E-state index in [0.717, 1.165) is 0 Å². The third kappa shape index (κ3) is 6.48. The third-order valence-electron chi connectivity index (χ3n) is 3.76. The molecule has 148 valence electrons. The van der Waals surface area contributed by atoms with E-state index in [-0.39, 0.29) is 30.8 Å². The number of nitrogens with one attached hydrogen (secondary N) is 2. The molecule has 0 radical (unpaired) electrons. The van der Waals surface area contributed by atoms with Crippen molar-refractivity contribution in [2.24, 2.45) is 0 Å². The Bertz CT molecular complexity index is 853. The number of carbonyl (C=O) groups is 3. The quantitative estimate of drug-likeness (QED) is 0.763. The third-order valence-corrected chi connectivity index (χ3v) is 3.76. The highest BCUT2D eigenvalue weighted by atomic mass is 19.1. The van der Waals surface area contributed by atoms with Crippen LogP contribution in [0.5, 0.6) is 0 Å². The van der Waals surface area contributed by atoms with Gasteiger partial charge in [-0.05, 0) is 49.5 Å². The number of carbonyl (C=O) groups excluding carboxylic acids is 3. The van der Waals surface area contributed by atoms with Crippen molar-refractivity contribution in [1.29, 1.82) is 0 Å². The van der Waals surface area contributed by atoms with Crippen LogP contribution in [0.15, 0.2) is 48.5 Å². The van der Waals surface area contributed by atoms with Crippen molar-refractivity contribution < 1.29 is 18.8 Å². The first-order valence-electron chi connectivity index (χ1n) is 8.60. The van der Waals surface area contributed by atoms with E-state index in [0.29, 0.717) is 16.9 Å². The molecule has 28 heavy (non-hydrogen) atoms. The highest BCUT2D eigenvalue weighted by Crippen LogP contribution is 2.11. The average molecular weight is 386 g/mol. The zero-order valence-corrected chi connectivity index (χ0v) is 16.0. The van der Waals surface area contributed by atoms with Gasteiger partial charge >= 0.3 is 0 Å². The van der Waals surface area contributed by atoms with Gasteiger partial charge in [0.1, 0.15) is 5.82 Å². The van der Waals surface area contributed by atoms with Gasteiger partial charge in [-0.25, -0.2) is 4.39 Å². The van der Waals surface area contributed by atoms with Crippen LogP contribution in [0.1, 0.15) is 10.4 Å². The lowest BCUT2D eigenvalue weighted by Crippen LogP contribution is -2.36. The summed E-state index contributed by atoms with van der Waals surface area (Å²) in [6, 6.07) is 12.1. The predicted molar refractivity (Wildman–Crippen MR) is 106 cm³/mol. The molecular weight excluding hydrogens is 363 g/mol. The molecule has 0 heterocycles. The number of halogens is 1. The summed E-state index contributed by atoms with van der Waals surface area (Å²) in [6.45, 7) is -0.0326. The maximum atomic E-state index is 13.1. The molecule has 0 saturated heterocycles. The van der Waals surface area contributed by atoms with E-state index < -0.39 is 5.82 Å². The zero-order valence-electron chi connectivity index (χ0n) is 16.0. The second-order valence-corrected chi connectivity index (χ2v) is 6.56. The van der Waals surface area contributed by atoms with Crippen LogP contribution in [0.3, 0.4) is 0 Å². The molecule has 2 rings (SSSR count). The van der Waals surface area contributed by atoms with Crippen molar-refractivity contribution in [2.45, 2.75) is 0 Å². The van der Waals surface area contributed by atoms with E-state index in [1.54, 1.807) is 51.5 Å². The van der Waals surface area contributed by atoms with E-state index in [9.17, 15) is 18.8 Å². The number of anilines is 2. The molecule has 8 heteroatoms. The summed E-state index contributed by atoms with van der Waals surface area (Å²) in [5.74, 6) is -1.22. The van der Waals surface area contributed by atoms with Gasteiger partial charge in [-0.3, -0.25) is 19.3 Å². The largest absolute Gasteiger partial charge is 0.345 e. The van der Waals surface area contributed by atoms with Crippen molar-refractivity contribution >= 4 is 29.1 Å². The van der Waals surface area contributed by atoms with Crippen LogP contribution in [0.4, 0.5) is 15.8 Å². The van der Waals surface area contributed by atoms with Crippen LogP contribution < -0.4 is 10.6 Å². The fraction of sp³-hybridized carbons (Fsp3) is 0.250. The molecule has 0 unspecified atom stereocenters. The van der Waals surface area contributed by atoms with Crippen LogP contribution in [0.25, 0.3) is 0 Å². The zero-order chi connectivity index (χ0) is 20.7. The molecule has 7 nitrogen and oxygen atoms in total.